The minimum Gasteiger partial charge on any atom is -0.381 e. The van der Waals surface area contributed by atoms with Crippen molar-refractivity contribution in [3.05, 3.63) is 0 Å². The van der Waals surface area contributed by atoms with Crippen molar-refractivity contribution in [1.82, 2.24) is 0 Å². The van der Waals surface area contributed by atoms with E-state index in [2.05, 4.69) is 13.8 Å². The Bertz CT molecular complexity index is 247. The van der Waals surface area contributed by atoms with E-state index in [1.54, 1.807) is 6.92 Å². The summed E-state index contributed by atoms with van der Waals surface area (Å²) in [6.45, 7) is 7.63. The van der Waals surface area contributed by atoms with Crippen LogP contribution in [0.1, 0.15) is 40.0 Å². The summed E-state index contributed by atoms with van der Waals surface area (Å²) in [6.07, 6.45) is 2.64. The SMILES string of the molecule is CCS(=O)(=O)OCCCCOCCC(C)C. The Morgan fingerprint density at radius 3 is 2.25 bits per heavy atom. The molecule has 0 aliphatic heterocycles. The zero-order valence-corrected chi connectivity index (χ0v) is 11.4. The summed E-state index contributed by atoms with van der Waals surface area (Å²) in [7, 11) is -3.27. The predicted molar refractivity (Wildman–Crippen MR) is 64.9 cm³/mol. The largest absolute Gasteiger partial charge is 0.381 e. The molecule has 0 aromatic rings. The molecule has 0 fully saturated rings. The quantitative estimate of drug-likeness (QED) is 0.442. The van der Waals surface area contributed by atoms with Crippen molar-refractivity contribution in [2.75, 3.05) is 25.6 Å². The first-order chi connectivity index (χ1) is 7.48. The van der Waals surface area contributed by atoms with Gasteiger partial charge in [-0.2, -0.15) is 8.42 Å². The highest BCUT2D eigenvalue weighted by Crippen LogP contribution is 2.01. The lowest BCUT2D eigenvalue weighted by Gasteiger charge is -2.06. The molecule has 16 heavy (non-hydrogen) atoms. The van der Waals surface area contributed by atoms with Gasteiger partial charge < -0.3 is 4.74 Å². The van der Waals surface area contributed by atoms with Gasteiger partial charge in [-0.25, -0.2) is 0 Å². The van der Waals surface area contributed by atoms with E-state index >= 15 is 0 Å². The van der Waals surface area contributed by atoms with Crippen LogP contribution in [0.5, 0.6) is 0 Å². The number of ether oxygens (including phenoxy) is 1. The average Bonchev–Trinajstić information content (AvgIpc) is 2.21. The molecular formula is C11H24O4S. The molecule has 4 nitrogen and oxygen atoms in total. The fourth-order valence-electron chi connectivity index (χ4n) is 0.997. The molecule has 0 amide bonds. The molecule has 0 radical (unpaired) electrons. The summed E-state index contributed by atoms with van der Waals surface area (Å²) in [5, 5.41) is 0. The van der Waals surface area contributed by atoms with E-state index in [-0.39, 0.29) is 12.4 Å². The van der Waals surface area contributed by atoms with Gasteiger partial charge >= 0.3 is 0 Å². The molecule has 0 N–H and O–H groups in total. The summed E-state index contributed by atoms with van der Waals surface area (Å²) in [6, 6.07) is 0. The zero-order valence-electron chi connectivity index (χ0n) is 10.6. The summed E-state index contributed by atoms with van der Waals surface area (Å²) < 4.78 is 32.0. The second-order valence-electron chi connectivity index (χ2n) is 4.17. The van der Waals surface area contributed by atoms with Gasteiger partial charge in [0.2, 0.25) is 0 Å². The van der Waals surface area contributed by atoms with Gasteiger partial charge in [-0.15, -0.1) is 0 Å². The lowest BCUT2D eigenvalue weighted by molar-refractivity contribution is 0.117. The minimum atomic E-state index is -3.27. The number of rotatable bonds is 10. The van der Waals surface area contributed by atoms with Crippen molar-refractivity contribution in [3.8, 4) is 0 Å². The molecule has 0 aromatic carbocycles. The molecule has 0 saturated carbocycles. The van der Waals surface area contributed by atoms with Gasteiger partial charge in [0, 0.05) is 13.2 Å². The van der Waals surface area contributed by atoms with Gasteiger partial charge in [0.25, 0.3) is 10.1 Å². The van der Waals surface area contributed by atoms with E-state index in [9.17, 15) is 8.42 Å². The van der Waals surface area contributed by atoms with Crippen molar-refractivity contribution in [2.45, 2.75) is 40.0 Å². The molecule has 0 aliphatic rings. The summed E-state index contributed by atoms with van der Waals surface area (Å²) in [5.74, 6) is 0.704. The Labute approximate surface area is 99.5 Å². The molecule has 0 heterocycles. The summed E-state index contributed by atoms with van der Waals surface area (Å²) in [5.41, 5.74) is 0. The fourth-order valence-corrected chi connectivity index (χ4v) is 1.53. The summed E-state index contributed by atoms with van der Waals surface area (Å²) in [4.78, 5) is 0. The predicted octanol–water partition coefficient (Wildman–Crippen LogP) is 2.20. The second-order valence-corrected chi connectivity index (χ2v) is 6.10. The molecule has 0 atom stereocenters. The first-order valence-electron chi connectivity index (χ1n) is 5.92. The monoisotopic (exact) mass is 252 g/mol. The Morgan fingerprint density at radius 2 is 1.69 bits per heavy atom. The van der Waals surface area contributed by atoms with Crippen molar-refractivity contribution < 1.29 is 17.3 Å². The molecule has 98 valence electrons. The maximum Gasteiger partial charge on any atom is 0.267 e. The van der Waals surface area contributed by atoms with Crippen LogP contribution in [-0.2, 0) is 19.0 Å². The Balaban J connectivity index is 3.22. The zero-order chi connectivity index (χ0) is 12.4. The van der Waals surface area contributed by atoms with Crippen LogP contribution in [0, 0.1) is 5.92 Å². The minimum absolute atomic E-state index is 0.0396. The Morgan fingerprint density at radius 1 is 1.06 bits per heavy atom. The van der Waals surface area contributed by atoms with Gasteiger partial charge in [-0.1, -0.05) is 13.8 Å². The van der Waals surface area contributed by atoms with Gasteiger partial charge in [0.15, 0.2) is 0 Å². The van der Waals surface area contributed by atoms with Crippen LogP contribution in [-0.4, -0.2) is 34.0 Å². The molecule has 0 aliphatic carbocycles. The highest BCUT2D eigenvalue weighted by Gasteiger charge is 2.05. The summed E-state index contributed by atoms with van der Waals surface area (Å²) >= 11 is 0. The highest BCUT2D eigenvalue weighted by atomic mass is 32.2. The van der Waals surface area contributed by atoms with Crippen LogP contribution < -0.4 is 0 Å². The fraction of sp³-hybridized carbons (Fsp3) is 1.00. The van der Waals surface area contributed by atoms with E-state index < -0.39 is 10.1 Å². The third-order valence-electron chi connectivity index (χ3n) is 2.14. The van der Waals surface area contributed by atoms with Gasteiger partial charge in [0.1, 0.15) is 0 Å². The number of hydrogen-bond donors (Lipinski definition) is 0. The first kappa shape index (κ1) is 15.9. The molecule has 0 rings (SSSR count). The van der Waals surface area contributed by atoms with Crippen LogP contribution in [0.4, 0.5) is 0 Å². The third kappa shape index (κ3) is 10.4. The van der Waals surface area contributed by atoms with Crippen molar-refractivity contribution in [1.29, 1.82) is 0 Å². The van der Waals surface area contributed by atoms with Crippen molar-refractivity contribution >= 4 is 10.1 Å². The van der Waals surface area contributed by atoms with Crippen molar-refractivity contribution in [2.24, 2.45) is 5.92 Å². The Kier molecular flexibility index (Phi) is 8.89. The lowest BCUT2D eigenvalue weighted by atomic mass is 10.1. The van der Waals surface area contributed by atoms with Crippen LogP contribution in [0.3, 0.4) is 0 Å². The highest BCUT2D eigenvalue weighted by molar-refractivity contribution is 7.86. The van der Waals surface area contributed by atoms with E-state index in [4.69, 9.17) is 8.92 Å². The number of unbranched alkanes of at least 4 members (excludes halogenated alkanes) is 1. The van der Waals surface area contributed by atoms with Gasteiger partial charge in [-0.3, -0.25) is 4.18 Å². The lowest BCUT2D eigenvalue weighted by Crippen LogP contribution is -2.09. The second kappa shape index (κ2) is 8.96. The smallest absolute Gasteiger partial charge is 0.267 e. The van der Waals surface area contributed by atoms with E-state index in [0.717, 1.165) is 25.9 Å². The molecule has 0 aromatic heterocycles. The topological polar surface area (TPSA) is 52.6 Å². The maximum atomic E-state index is 11.0. The van der Waals surface area contributed by atoms with E-state index in [1.807, 2.05) is 0 Å². The van der Waals surface area contributed by atoms with Gasteiger partial charge in [-0.05, 0) is 32.1 Å². The Hall–Kier alpha value is -0.130. The molecule has 0 bridgehead atoms. The maximum absolute atomic E-state index is 11.0. The molecular weight excluding hydrogens is 228 g/mol. The molecule has 0 unspecified atom stereocenters. The molecule has 5 heteroatoms. The standard InChI is InChI=1S/C11H24O4S/c1-4-16(12,13)15-9-6-5-8-14-10-7-11(2)3/h11H,4-10H2,1-3H3. The number of hydrogen-bond acceptors (Lipinski definition) is 4. The van der Waals surface area contributed by atoms with Gasteiger partial charge in [0.05, 0.1) is 12.4 Å². The van der Waals surface area contributed by atoms with Crippen LogP contribution in [0.25, 0.3) is 0 Å². The molecule has 0 saturated heterocycles. The van der Waals surface area contributed by atoms with E-state index in [0.29, 0.717) is 12.5 Å². The average molecular weight is 252 g/mol. The normalized spacial score (nSPS) is 12.2. The third-order valence-corrected chi connectivity index (χ3v) is 3.37. The molecule has 0 spiro atoms. The van der Waals surface area contributed by atoms with Crippen LogP contribution >= 0.6 is 0 Å². The van der Waals surface area contributed by atoms with Crippen LogP contribution in [0.15, 0.2) is 0 Å². The van der Waals surface area contributed by atoms with Crippen LogP contribution in [0.2, 0.25) is 0 Å². The van der Waals surface area contributed by atoms with E-state index in [1.165, 1.54) is 0 Å². The first-order valence-corrected chi connectivity index (χ1v) is 7.50. The van der Waals surface area contributed by atoms with Crippen molar-refractivity contribution in [3.63, 3.8) is 0 Å².